The first kappa shape index (κ1) is 22.8. The SMILES string of the molecule is CCN1C(=O)C2CC=C3C(CC4C(=O)N(CC)C(=O)C4C3c3ccccc3OCCO)C2C1=O. The van der Waals surface area contributed by atoms with Gasteiger partial charge in [-0.05, 0) is 38.7 Å². The number of rotatable bonds is 6. The molecular weight excluding hydrogens is 436 g/mol. The molecule has 0 bridgehead atoms. The first-order chi connectivity index (χ1) is 16.4. The Hall–Kier alpha value is -3.00. The zero-order chi connectivity index (χ0) is 24.1. The Morgan fingerprint density at radius 3 is 2.21 bits per heavy atom. The highest BCUT2D eigenvalue weighted by atomic mass is 16.5. The van der Waals surface area contributed by atoms with E-state index in [0.29, 0.717) is 31.7 Å². The number of allylic oxidation sites excluding steroid dienone is 2. The van der Waals surface area contributed by atoms with Crippen molar-refractivity contribution < 1.29 is 29.0 Å². The molecule has 34 heavy (non-hydrogen) atoms. The number of para-hydroxylation sites is 1. The fraction of sp³-hybridized carbons (Fsp3) is 0.538. The van der Waals surface area contributed by atoms with E-state index in [1.165, 1.54) is 9.80 Å². The molecule has 180 valence electrons. The number of imide groups is 2. The molecule has 2 aliphatic heterocycles. The molecule has 0 spiro atoms. The zero-order valence-corrected chi connectivity index (χ0v) is 19.5. The molecular formula is C26H30N2O6. The lowest BCUT2D eigenvalue weighted by molar-refractivity contribution is -0.141. The van der Waals surface area contributed by atoms with Crippen molar-refractivity contribution in [3.8, 4) is 5.75 Å². The molecule has 2 saturated heterocycles. The van der Waals surface area contributed by atoms with E-state index in [1.807, 2.05) is 24.3 Å². The average Bonchev–Trinajstić information content (AvgIpc) is 3.24. The number of hydrogen-bond acceptors (Lipinski definition) is 6. The van der Waals surface area contributed by atoms with Crippen molar-refractivity contribution in [2.75, 3.05) is 26.3 Å². The van der Waals surface area contributed by atoms with Crippen LogP contribution < -0.4 is 4.74 Å². The zero-order valence-electron chi connectivity index (χ0n) is 19.5. The predicted octanol–water partition coefficient (Wildman–Crippen LogP) is 1.73. The number of nitrogens with zero attached hydrogens (tertiary/aromatic N) is 2. The van der Waals surface area contributed by atoms with Crippen molar-refractivity contribution in [2.45, 2.75) is 32.6 Å². The van der Waals surface area contributed by atoms with Gasteiger partial charge in [0.2, 0.25) is 23.6 Å². The monoisotopic (exact) mass is 466 g/mol. The lowest BCUT2D eigenvalue weighted by atomic mass is 9.57. The summed E-state index contributed by atoms with van der Waals surface area (Å²) >= 11 is 0. The summed E-state index contributed by atoms with van der Waals surface area (Å²) in [5, 5.41) is 9.30. The fourth-order valence-corrected chi connectivity index (χ4v) is 6.71. The van der Waals surface area contributed by atoms with Gasteiger partial charge in [0, 0.05) is 24.6 Å². The standard InChI is InChI=1S/C26H30N2O6/c1-3-27-23(30)16-10-9-14-17(21(16)25(27)32)13-18-22(26(33)28(4-2)24(18)31)20(14)15-7-5-6-8-19(15)34-12-11-29/h5-9,16-18,20-22,29H,3-4,10-13H2,1-2H3. The quantitative estimate of drug-likeness (QED) is 0.506. The summed E-state index contributed by atoms with van der Waals surface area (Å²) in [6.07, 6.45) is 2.88. The summed E-state index contributed by atoms with van der Waals surface area (Å²) in [4.78, 5) is 55.7. The molecule has 0 radical (unpaired) electrons. The predicted molar refractivity (Wildman–Crippen MR) is 121 cm³/mol. The van der Waals surface area contributed by atoms with Crippen LogP contribution in [0.4, 0.5) is 0 Å². The Bertz CT molecular complexity index is 1080. The van der Waals surface area contributed by atoms with E-state index < -0.39 is 29.6 Å². The number of aliphatic hydroxyl groups is 1. The van der Waals surface area contributed by atoms with E-state index in [2.05, 4.69) is 0 Å². The first-order valence-corrected chi connectivity index (χ1v) is 12.2. The number of fused-ring (bicyclic) bond motifs is 4. The summed E-state index contributed by atoms with van der Waals surface area (Å²) < 4.78 is 5.83. The van der Waals surface area contributed by atoms with Gasteiger partial charge in [0.25, 0.3) is 0 Å². The van der Waals surface area contributed by atoms with Crippen molar-refractivity contribution >= 4 is 23.6 Å². The van der Waals surface area contributed by atoms with E-state index in [1.54, 1.807) is 19.9 Å². The molecule has 8 nitrogen and oxygen atoms in total. The van der Waals surface area contributed by atoms with Crippen molar-refractivity contribution in [1.29, 1.82) is 0 Å². The van der Waals surface area contributed by atoms with Gasteiger partial charge in [-0.1, -0.05) is 29.8 Å². The fourth-order valence-electron chi connectivity index (χ4n) is 6.71. The normalized spacial score (nSPS) is 32.5. The Balaban J connectivity index is 1.64. The topological polar surface area (TPSA) is 104 Å². The molecule has 6 atom stereocenters. The third-order valence-electron chi connectivity index (χ3n) is 8.07. The van der Waals surface area contributed by atoms with Gasteiger partial charge in [-0.15, -0.1) is 0 Å². The summed E-state index contributed by atoms with van der Waals surface area (Å²) in [6, 6.07) is 7.40. The highest BCUT2D eigenvalue weighted by Gasteiger charge is 2.61. The minimum atomic E-state index is -0.570. The second kappa shape index (κ2) is 8.65. The number of aliphatic hydroxyl groups excluding tert-OH is 1. The van der Waals surface area contributed by atoms with Gasteiger partial charge >= 0.3 is 0 Å². The van der Waals surface area contributed by atoms with E-state index >= 15 is 0 Å². The summed E-state index contributed by atoms with van der Waals surface area (Å²) in [7, 11) is 0. The molecule has 1 aromatic carbocycles. The van der Waals surface area contributed by atoms with Crippen molar-refractivity contribution in [2.24, 2.45) is 29.6 Å². The number of amides is 4. The molecule has 3 fully saturated rings. The van der Waals surface area contributed by atoms with E-state index in [0.717, 1.165) is 11.1 Å². The Morgan fingerprint density at radius 2 is 1.53 bits per heavy atom. The number of ether oxygens (including phenoxy) is 1. The second-order valence-corrected chi connectivity index (χ2v) is 9.48. The number of carbonyl (C=O) groups is 4. The van der Waals surface area contributed by atoms with Crippen molar-refractivity contribution in [1.82, 2.24) is 9.80 Å². The highest BCUT2D eigenvalue weighted by Crippen LogP contribution is 2.58. The minimum Gasteiger partial charge on any atom is -0.491 e. The second-order valence-electron chi connectivity index (χ2n) is 9.48. The minimum absolute atomic E-state index is 0.109. The van der Waals surface area contributed by atoms with Crippen LogP contribution >= 0.6 is 0 Å². The molecule has 8 heteroatoms. The highest BCUT2D eigenvalue weighted by molar-refractivity contribution is 6.08. The molecule has 1 aromatic rings. The third-order valence-corrected chi connectivity index (χ3v) is 8.07. The van der Waals surface area contributed by atoms with E-state index in [-0.39, 0.29) is 42.8 Å². The van der Waals surface area contributed by atoms with Crippen LogP contribution in [-0.4, -0.2) is 64.8 Å². The molecule has 1 saturated carbocycles. The molecule has 5 rings (SSSR count). The van der Waals surface area contributed by atoms with Crippen LogP contribution in [0, 0.1) is 29.6 Å². The van der Waals surface area contributed by atoms with Gasteiger partial charge in [-0.2, -0.15) is 0 Å². The van der Waals surface area contributed by atoms with Crippen LogP contribution in [0.2, 0.25) is 0 Å². The molecule has 1 N–H and O–H groups in total. The molecule has 2 aliphatic carbocycles. The van der Waals surface area contributed by atoms with Crippen LogP contribution in [0.1, 0.15) is 38.2 Å². The number of carbonyl (C=O) groups excluding carboxylic acids is 4. The molecule has 6 unspecified atom stereocenters. The summed E-state index contributed by atoms with van der Waals surface area (Å²) in [5.74, 6) is -2.85. The van der Waals surface area contributed by atoms with Crippen molar-refractivity contribution in [3.63, 3.8) is 0 Å². The van der Waals surface area contributed by atoms with Gasteiger partial charge in [-0.25, -0.2) is 0 Å². The maximum Gasteiger partial charge on any atom is 0.234 e. The largest absolute Gasteiger partial charge is 0.491 e. The summed E-state index contributed by atoms with van der Waals surface area (Å²) in [5.41, 5.74) is 1.74. The maximum atomic E-state index is 13.5. The van der Waals surface area contributed by atoms with Crippen LogP contribution in [0.25, 0.3) is 0 Å². The first-order valence-electron chi connectivity index (χ1n) is 12.2. The van der Waals surface area contributed by atoms with Gasteiger partial charge in [0.15, 0.2) is 0 Å². The van der Waals surface area contributed by atoms with E-state index in [9.17, 15) is 24.3 Å². The van der Waals surface area contributed by atoms with Gasteiger partial charge in [-0.3, -0.25) is 29.0 Å². The summed E-state index contributed by atoms with van der Waals surface area (Å²) in [6.45, 7) is 4.19. The van der Waals surface area contributed by atoms with Gasteiger partial charge in [0.1, 0.15) is 12.4 Å². The van der Waals surface area contributed by atoms with Gasteiger partial charge in [0.05, 0.1) is 30.3 Å². The number of benzene rings is 1. The Labute approximate surface area is 198 Å². The molecule has 0 aromatic heterocycles. The molecule has 4 amide bonds. The molecule has 4 aliphatic rings. The van der Waals surface area contributed by atoms with Gasteiger partial charge < -0.3 is 9.84 Å². The third kappa shape index (κ3) is 3.15. The van der Waals surface area contributed by atoms with Crippen LogP contribution in [-0.2, 0) is 19.2 Å². The lowest BCUT2D eigenvalue weighted by Crippen LogP contribution is -2.43. The Kier molecular flexibility index (Phi) is 5.80. The average molecular weight is 467 g/mol. The molecule has 2 heterocycles. The van der Waals surface area contributed by atoms with E-state index in [4.69, 9.17) is 4.74 Å². The Morgan fingerprint density at radius 1 is 0.882 bits per heavy atom. The number of likely N-dealkylation sites (tertiary alicyclic amines) is 2. The lowest BCUT2D eigenvalue weighted by Gasteiger charge is -2.44. The van der Waals surface area contributed by atoms with Crippen LogP contribution in [0.3, 0.4) is 0 Å². The van der Waals surface area contributed by atoms with Crippen LogP contribution in [0.5, 0.6) is 5.75 Å². The van der Waals surface area contributed by atoms with Crippen molar-refractivity contribution in [3.05, 3.63) is 41.5 Å². The van der Waals surface area contributed by atoms with Crippen LogP contribution in [0.15, 0.2) is 35.9 Å². The number of hydrogen-bond donors (Lipinski definition) is 1. The maximum absolute atomic E-state index is 13.5. The smallest absolute Gasteiger partial charge is 0.234 e.